The van der Waals surface area contributed by atoms with Crippen molar-refractivity contribution in [2.24, 2.45) is 0 Å². The summed E-state index contributed by atoms with van der Waals surface area (Å²) in [5, 5.41) is 0. The summed E-state index contributed by atoms with van der Waals surface area (Å²) in [6.45, 7) is -7.95. The van der Waals surface area contributed by atoms with E-state index in [0.29, 0.717) is 11.3 Å². The normalized spacial score (nSPS) is 17.7. The minimum atomic E-state index is -3.38. The molecule has 5 heterocycles. The number of rotatable bonds is 5. The molecule has 0 N–H and O–H groups in total. The van der Waals surface area contributed by atoms with Crippen LogP contribution in [0.25, 0.3) is 95.0 Å². The fourth-order valence-electron chi connectivity index (χ4n) is 10.6. The fraction of sp³-hybridized carbons (Fsp3) is 0.100. The van der Waals surface area contributed by atoms with Crippen LogP contribution in [0.5, 0.6) is 5.75 Å². The van der Waals surface area contributed by atoms with E-state index in [9.17, 15) is 0 Å². The Morgan fingerprint density at radius 2 is 1.16 bits per heavy atom. The second-order valence-corrected chi connectivity index (χ2v) is 17.1. The minimum absolute atomic E-state index is 0.302. The summed E-state index contributed by atoms with van der Waals surface area (Å²) < 4.78 is 89.7. The largest absolute Gasteiger partial charge is 0.499 e. The van der Waals surface area contributed by atoms with Crippen molar-refractivity contribution in [3.05, 3.63) is 217 Å². The molecule has 13 rings (SSSR count). The average molecular weight is 833 g/mol. The second-order valence-electron chi connectivity index (χ2n) is 17.1. The van der Waals surface area contributed by atoms with Gasteiger partial charge in [0, 0.05) is 41.2 Å². The molecule has 2 aromatic heterocycles. The average Bonchev–Trinajstić information content (AvgIpc) is 3.92. The number of nitrogens with zero attached hydrogens (tertiary/aromatic N) is 3. The van der Waals surface area contributed by atoms with Crippen LogP contribution in [0.15, 0.2) is 200 Å². The Morgan fingerprint density at radius 1 is 0.516 bits per heavy atom. The van der Waals surface area contributed by atoms with Crippen LogP contribution in [0.2, 0.25) is 0 Å². The van der Waals surface area contributed by atoms with Gasteiger partial charge in [-0.15, -0.1) is 9.13 Å². The van der Waals surface area contributed by atoms with E-state index in [-0.39, 0.29) is 5.56 Å². The number of hydrogen-bond donors (Lipinski definition) is 0. The predicted molar refractivity (Wildman–Crippen MR) is 258 cm³/mol. The lowest BCUT2D eigenvalue weighted by atomic mass is 9.85. The zero-order valence-electron chi connectivity index (χ0n) is 43.8. The molecule has 8 aromatic carbocycles. The number of pyridine rings is 1. The van der Waals surface area contributed by atoms with Crippen LogP contribution < -0.4 is 13.9 Å². The SMILES string of the molecule is [2H]C([2H])([2H])C(c1ccc(-c2cc[n+]3c(c2)-c2cc(-c4ccccc4)cc4c2C32Oc3ccccc3-c3n(-c5cc(-c6ccccc6)c(C)cc5-c5ccccc5)c5cccc-4c5[n+]32)cc1)(C([2H])([2H])[2H])C([2H])([2H])[2H]. The first kappa shape index (κ1) is 28.7. The smallest absolute Gasteiger partial charge is 0.392 e. The zero-order chi connectivity index (χ0) is 50.4. The Balaban J connectivity index is 1.11. The third-order valence-electron chi connectivity index (χ3n) is 13.4. The maximum Gasteiger partial charge on any atom is 0.499 e. The molecule has 0 aliphatic carbocycles. The van der Waals surface area contributed by atoms with Crippen LogP contribution in [0.1, 0.15) is 49.6 Å². The molecule has 0 bridgehead atoms. The van der Waals surface area contributed by atoms with Crippen LogP contribution in [-0.2, 0) is 11.3 Å². The van der Waals surface area contributed by atoms with Crippen molar-refractivity contribution in [2.75, 3.05) is 0 Å². The van der Waals surface area contributed by atoms with E-state index in [2.05, 4.69) is 142 Å². The monoisotopic (exact) mass is 832 g/mol. The zero-order valence-corrected chi connectivity index (χ0v) is 34.8. The number of aryl methyl sites for hydroxylation is 1. The van der Waals surface area contributed by atoms with Crippen LogP contribution in [-0.4, -0.2) is 4.57 Å². The van der Waals surface area contributed by atoms with Gasteiger partial charge in [-0.3, -0.25) is 0 Å². The van der Waals surface area contributed by atoms with Gasteiger partial charge in [-0.1, -0.05) is 154 Å². The van der Waals surface area contributed by atoms with Crippen molar-refractivity contribution in [3.63, 3.8) is 0 Å². The van der Waals surface area contributed by atoms with Crippen molar-refractivity contribution in [2.45, 2.75) is 38.7 Å². The van der Waals surface area contributed by atoms with Crippen LogP contribution in [0.4, 0.5) is 0 Å². The first-order chi connectivity index (χ1) is 35.0. The van der Waals surface area contributed by atoms with Gasteiger partial charge < -0.3 is 4.74 Å². The van der Waals surface area contributed by atoms with Gasteiger partial charge in [0.15, 0.2) is 17.2 Å². The lowest BCUT2D eigenvalue weighted by Gasteiger charge is -2.32. The minimum Gasteiger partial charge on any atom is -0.392 e. The topological polar surface area (TPSA) is 21.9 Å². The third kappa shape index (κ3) is 5.11. The number of ether oxygens (including phenoxy) is 1. The molecule has 0 saturated carbocycles. The highest BCUT2D eigenvalue weighted by Crippen LogP contribution is 2.54. The molecule has 1 spiro atoms. The van der Waals surface area contributed by atoms with E-state index < -0.39 is 31.8 Å². The molecule has 0 amide bonds. The molecule has 1 atom stereocenters. The van der Waals surface area contributed by atoms with Gasteiger partial charge in [0.1, 0.15) is 22.6 Å². The summed E-state index contributed by atoms with van der Waals surface area (Å²) in [7, 11) is 0. The lowest BCUT2D eigenvalue weighted by Crippen LogP contribution is -2.78. The molecular weight excluding hydrogens is 779 g/mol. The maximum absolute atomic E-state index is 8.34. The highest BCUT2D eigenvalue weighted by molar-refractivity contribution is 6.00. The lowest BCUT2D eigenvalue weighted by molar-refractivity contribution is -0.997. The summed E-state index contributed by atoms with van der Waals surface area (Å²) in [6, 6.07) is 65.3. The molecule has 3 aliphatic heterocycles. The van der Waals surface area contributed by atoms with E-state index >= 15 is 0 Å². The number of imidazole rings is 1. The molecule has 3 aliphatic rings. The van der Waals surface area contributed by atoms with E-state index in [4.69, 9.17) is 17.1 Å². The first-order valence-corrected chi connectivity index (χ1v) is 21.6. The van der Waals surface area contributed by atoms with Crippen LogP contribution in [0.3, 0.4) is 0 Å². The molecule has 64 heavy (non-hydrogen) atoms. The number of fused-ring (bicyclic) bond motifs is 5. The van der Waals surface area contributed by atoms with Crippen molar-refractivity contribution < 1.29 is 26.2 Å². The van der Waals surface area contributed by atoms with Crippen LogP contribution in [0, 0.1) is 6.92 Å². The van der Waals surface area contributed by atoms with Gasteiger partial charge >= 0.3 is 11.7 Å². The van der Waals surface area contributed by atoms with Crippen LogP contribution >= 0.6 is 0 Å². The molecule has 0 radical (unpaired) electrons. The number of benzene rings is 8. The summed E-state index contributed by atoms with van der Waals surface area (Å²) >= 11 is 0. The summed E-state index contributed by atoms with van der Waals surface area (Å²) in [6.07, 6.45) is 2.03. The summed E-state index contributed by atoms with van der Waals surface area (Å²) in [4.78, 5) is 0. The van der Waals surface area contributed by atoms with E-state index in [0.717, 1.165) is 101 Å². The number of hydrogen-bond acceptors (Lipinski definition) is 1. The predicted octanol–water partition coefficient (Wildman–Crippen LogP) is 13.7. The molecule has 1 unspecified atom stereocenters. The summed E-state index contributed by atoms with van der Waals surface area (Å²) in [5.74, 6) is 0.365. The van der Waals surface area contributed by atoms with Gasteiger partial charge in [-0.2, -0.15) is 4.57 Å². The number of para-hydroxylation sites is 2. The maximum atomic E-state index is 8.34. The fourth-order valence-corrected chi connectivity index (χ4v) is 10.6. The van der Waals surface area contributed by atoms with E-state index in [1.165, 1.54) is 12.1 Å². The standard InChI is InChI=1S/C60H45N3O/c1-38-33-49(42-21-12-7-13-22-42)54(37-48(38)41-19-10-6-11-20-41)62-52-25-16-24-46-50-34-44(39-17-8-5-9-18-39)35-51-53-36-43(40-27-29-45(30-28-40)59(2,3)4)31-32-61(53)60(56(50)51)63(57(46)52)58(62)47-23-14-15-26-55(47)64-60/h5-37H,1-4H3/q+2/i2D3,3D3,4D3. The molecule has 0 fully saturated rings. The Morgan fingerprint density at radius 3 is 1.89 bits per heavy atom. The van der Waals surface area contributed by atoms with Gasteiger partial charge in [0.25, 0.3) is 0 Å². The molecule has 4 heteroatoms. The molecule has 0 saturated heterocycles. The molecule has 10 aromatic rings. The van der Waals surface area contributed by atoms with E-state index in [1.807, 2.05) is 54.7 Å². The van der Waals surface area contributed by atoms with Gasteiger partial charge in [-0.05, 0) is 111 Å². The Kier molecular flexibility index (Phi) is 5.99. The van der Waals surface area contributed by atoms with Crippen molar-refractivity contribution in [1.29, 1.82) is 0 Å². The highest BCUT2D eigenvalue weighted by Gasteiger charge is 2.68. The summed E-state index contributed by atoms with van der Waals surface area (Å²) in [5.41, 5.74) is 14.3. The highest BCUT2D eigenvalue weighted by atomic mass is 16.5. The Hall–Kier alpha value is -7.82. The second kappa shape index (κ2) is 13.3. The van der Waals surface area contributed by atoms with Gasteiger partial charge in [0.05, 0.1) is 5.56 Å². The van der Waals surface area contributed by atoms with Crippen molar-refractivity contribution in [3.8, 4) is 89.7 Å². The first-order valence-electron chi connectivity index (χ1n) is 26.1. The third-order valence-corrected chi connectivity index (χ3v) is 13.4. The Labute approximate surface area is 386 Å². The van der Waals surface area contributed by atoms with Crippen molar-refractivity contribution in [1.82, 2.24) is 4.57 Å². The van der Waals surface area contributed by atoms with Crippen molar-refractivity contribution >= 4 is 11.0 Å². The van der Waals surface area contributed by atoms with E-state index in [1.54, 1.807) is 12.1 Å². The number of aromatic nitrogens is 3. The molecule has 304 valence electrons. The van der Waals surface area contributed by atoms with Gasteiger partial charge in [0.2, 0.25) is 5.69 Å². The molecular formula is C60H45N3O+2. The quantitative estimate of drug-likeness (QED) is 0.158. The van der Waals surface area contributed by atoms with Gasteiger partial charge in [-0.25, -0.2) is 0 Å². The Bertz CT molecular complexity index is 3870. The molecule has 4 nitrogen and oxygen atoms in total.